The molecule has 0 spiro atoms. The van der Waals surface area contributed by atoms with Crippen LogP contribution in [0.5, 0.6) is 0 Å². The molecule has 0 aliphatic rings. The number of benzene rings is 4. The zero-order valence-electron chi connectivity index (χ0n) is 18.3. The van der Waals surface area contributed by atoms with Crippen molar-refractivity contribution in [2.45, 2.75) is 0 Å². The molecule has 4 aromatic carbocycles. The highest BCUT2D eigenvalue weighted by atomic mass is 16.4. The molecule has 0 bridgehead atoms. The summed E-state index contributed by atoms with van der Waals surface area (Å²) in [4.78, 5) is 25.7. The molecule has 0 unspecified atom stereocenters. The standard InChI is InChI=1S/C28H17N5O2/c34-26(35)25-29-27(32-21-13-5-1-9-17(21)18-10-2-6-14-22(18)32)31-28(30-25)33-23-15-7-3-11-19(23)20-12-4-8-16-24(20)33/h1-16H,(H,34,35). The molecule has 1 N–H and O–H groups in total. The fourth-order valence-electron chi connectivity index (χ4n) is 4.93. The first-order valence-electron chi connectivity index (χ1n) is 11.2. The molecular weight excluding hydrogens is 438 g/mol. The Labute approximate surface area is 198 Å². The van der Waals surface area contributed by atoms with Crippen molar-refractivity contribution in [3.8, 4) is 11.9 Å². The molecule has 0 atom stereocenters. The summed E-state index contributed by atoms with van der Waals surface area (Å²) < 4.78 is 3.80. The van der Waals surface area contributed by atoms with Crippen LogP contribution in [-0.4, -0.2) is 35.2 Å². The Morgan fingerprint density at radius 2 is 0.829 bits per heavy atom. The van der Waals surface area contributed by atoms with Crippen LogP contribution in [0.25, 0.3) is 55.5 Å². The lowest BCUT2D eigenvalue weighted by atomic mass is 10.2. The summed E-state index contributed by atoms with van der Waals surface area (Å²) in [5.74, 6) is -1.01. The van der Waals surface area contributed by atoms with Crippen molar-refractivity contribution in [1.29, 1.82) is 0 Å². The van der Waals surface area contributed by atoms with E-state index in [0.717, 1.165) is 43.6 Å². The molecule has 3 aromatic heterocycles. The molecular formula is C28H17N5O2. The van der Waals surface area contributed by atoms with Gasteiger partial charge in [0.05, 0.1) is 22.1 Å². The maximum atomic E-state index is 12.1. The normalized spacial score (nSPS) is 11.7. The van der Waals surface area contributed by atoms with E-state index in [0.29, 0.717) is 0 Å². The molecule has 0 aliphatic carbocycles. The van der Waals surface area contributed by atoms with Crippen molar-refractivity contribution in [2.75, 3.05) is 0 Å². The van der Waals surface area contributed by atoms with Crippen LogP contribution < -0.4 is 0 Å². The van der Waals surface area contributed by atoms with Gasteiger partial charge in [-0.15, -0.1) is 0 Å². The first-order valence-corrected chi connectivity index (χ1v) is 11.2. The fraction of sp³-hybridized carbons (Fsp3) is 0. The van der Waals surface area contributed by atoms with E-state index in [2.05, 4.69) is 9.97 Å². The molecule has 7 aromatic rings. The van der Waals surface area contributed by atoms with E-state index in [-0.39, 0.29) is 17.7 Å². The number of rotatable bonds is 3. The van der Waals surface area contributed by atoms with E-state index in [1.807, 2.05) is 106 Å². The predicted octanol–water partition coefficient (Wildman–Crippen LogP) is 5.76. The second kappa shape index (κ2) is 7.23. The lowest BCUT2D eigenvalue weighted by Gasteiger charge is -2.11. The van der Waals surface area contributed by atoms with E-state index in [1.54, 1.807) is 0 Å². The van der Waals surface area contributed by atoms with Crippen molar-refractivity contribution in [3.05, 3.63) is 103 Å². The monoisotopic (exact) mass is 455 g/mol. The first-order chi connectivity index (χ1) is 17.2. The van der Waals surface area contributed by atoms with Gasteiger partial charge in [-0.2, -0.15) is 15.0 Å². The average molecular weight is 455 g/mol. The molecule has 0 saturated carbocycles. The molecule has 7 rings (SSSR count). The maximum absolute atomic E-state index is 12.1. The second-order valence-corrected chi connectivity index (χ2v) is 8.30. The van der Waals surface area contributed by atoms with Crippen molar-refractivity contribution in [3.63, 3.8) is 0 Å². The minimum atomic E-state index is -1.21. The summed E-state index contributed by atoms with van der Waals surface area (Å²) in [6, 6.07) is 31.9. The Hall–Kier alpha value is -5.04. The van der Waals surface area contributed by atoms with Crippen molar-refractivity contribution >= 4 is 49.6 Å². The number of hydrogen-bond donors (Lipinski definition) is 1. The maximum Gasteiger partial charge on any atom is 0.374 e. The molecule has 0 fully saturated rings. The smallest absolute Gasteiger partial charge is 0.374 e. The summed E-state index contributed by atoms with van der Waals surface area (Å²) in [6.45, 7) is 0. The number of para-hydroxylation sites is 4. The van der Waals surface area contributed by atoms with Crippen LogP contribution in [0.1, 0.15) is 10.6 Å². The molecule has 35 heavy (non-hydrogen) atoms. The Balaban J connectivity index is 1.61. The van der Waals surface area contributed by atoms with Gasteiger partial charge in [0.1, 0.15) is 0 Å². The van der Waals surface area contributed by atoms with Gasteiger partial charge in [-0.05, 0) is 24.3 Å². The van der Waals surface area contributed by atoms with Crippen molar-refractivity contribution < 1.29 is 9.90 Å². The van der Waals surface area contributed by atoms with E-state index < -0.39 is 5.97 Å². The lowest BCUT2D eigenvalue weighted by molar-refractivity contribution is 0.0683. The Bertz CT molecular complexity index is 1710. The highest BCUT2D eigenvalue weighted by molar-refractivity contribution is 6.10. The van der Waals surface area contributed by atoms with Gasteiger partial charge < -0.3 is 5.11 Å². The van der Waals surface area contributed by atoms with Crippen molar-refractivity contribution in [1.82, 2.24) is 24.1 Å². The molecule has 0 radical (unpaired) electrons. The van der Waals surface area contributed by atoms with Crippen LogP contribution in [0, 0.1) is 0 Å². The zero-order valence-corrected chi connectivity index (χ0v) is 18.3. The minimum Gasteiger partial charge on any atom is -0.475 e. The van der Waals surface area contributed by atoms with E-state index in [1.165, 1.54) is 0 Å². The van der Waals surface area contributed by atoms with Gasteiger partial charge in [0.2, 0.25) is 17.7 Å². The quantitative estimate of drug-likeness (QED) is 0.366. The SMILES string of the molecule is O=C(O)c1nc(-n2c3ccccc3c3ccccc32)nc(-n2c3ccccc3c3ccccc32)n1. The van der Waals surface area contributed by atoms with Gasteiger partial charge in [0.15, 0.2) is 0 Å². The van der Waals surface area contributed by atoms with Crippen LogP contribution in [0.2, 0.25) is 0 Å². The first kappa shape index (κ1) is 19.4. The topological polar surface area (TPSA) is 85.8 Å². The third-order valence-electron chi connectivity index (χ3n) is 6.36. The van der Waals surface area contributed by atoms with Crippen LogP contribution >= 0.6 is 0 Å². The highest BCUT2D eigenvalue weighted by Gasteiger charge is 2.21. The van der Waals surface area contributed by atoms with Gasteiger partial charge in [-0.1, -0.05) is 72.8 Å². The number of aromatic carboxylic acids is 1. The van der Waals surface area contributed by atoms with E-state index in [9.17, 15) is 9.90 Å². The fourth-order valence-corrected chi connectivity index (χ4v) is 4.93. The summed E-state index contributed by atoms with van der Waals surface area (Å²) >= 11 is 0. The molecule has 0 amide bonds. The lowest BCUT2D eigenvalue weighted by Crippen LogP contribution is -2.14. The van der Waals surface area contributed by atoms with E-state index >= 15 is 0 Å². The molecule has 7 heteroatoms. The van der Waals surface area contributed by atoms with Crippen LogP contribution in [0.4, 0.5) is 0 Å². The number of aromatic nitrogens is 5. The number of carbonyl (C=O) groups is 1. The van der Waals surface area contributed by atoms with Gasteiger partial charge >= 0.3 is 5.97 Å². The van der Waals surface area contributed by atoms with Crippen LogP contribution in [0.15, 0.2) is 97.1 Å². The average Bonchev–Trinajstić information content (AvgIpc) is 3.42. The third-order valence-corrected chi connectivity index (χ3v) is 6.36. The van der Waals surface area contributed by atoms with Crippen molar-refractivity contribution in [2.24, 2.45) is 0 Å². The Kier molecular flexibility index (Phi) is 4.01. The Morgan fingerprint density at radius 3 is 1.14 bits per heavy atom. The number of carboxylic acid groups (broad SMARTS) is 1. The van der Waals surface area contributed by atoms with Crippen LogP contribution in [-0.2, 0) is 0 Å². The minimum absolute atomic E-state index is 0.256. The number of nitrogens with zero attached hydrogens (tertiary/aromatic N) is 5. The largest absolute Gasteiger partial charge is 0.475 e. The molecule has 166 valence electrons. The molecule has 0 saturated heterocycles. The molecule has 7 nitrogen and oxygen atoms in total. The zero-order chi connectivity index (χ0) is 23.5. The third kappa shape index (κ3) is 2.78. The van der Waals surface area contributed by atoms with Gasteiger partial charge in [0.25, 0.3) is 0 Å². The van der Waals surface area contributed by atoms with Gasteiger partial charge in [0, 0.05) is 21.5 Å². The van der Waals surface area contributed by atoms with Gasteiger partial charge in [-0.25, -0.2) is 4.79 Å². The summed E-state index contributed by atoms with van der Waals surface area (Å²) in [5.41, 5.74) is 3.57. The number of hydrogen-bond acceptors (Lipinski definition) is 4. The molecule has 0 aliphatic heterocycles. The van der Waals surface area contributed by atoms with Gasteiger partial charge in [-0.3, -0.25) is 9.13 Å². The van der Waals surface area contributed by atoms with E-state index in [4.69, 9.17) is 4.98 Å². The summed E-state index contributed by atoms with van der Waals surface area (Å²) in [6.07, 6.45) is 0. The summed E-state index contributed by atoms with van der Waals surface area (Å²) in [7, 11) is 0. The molecule has 3 heterocycles. The second-order valence-electron chi connectivity index (χ2n) is 8.30. The highest BCUT2D eigenvalue weighted by Crippen LogP contribution is 2.33. The number of fused-ring (bicyclic) bond motifs is 6. The number of carboxylic acids is 1. The Morgan fingerprint density at radius 1 is 0.514 bits per heavy atom. The van der Waals surface area contributed by atoms with Crippen LogP contribution in [0.3, 0.4) is 0 Å². The predicted molar refractivity (Wildman–Crippen MR) is 135 cm³/mol. The summed E-state index contributed by atoms with van der Waals surface area (Å²) in [5, 5.41) is 14.1.